The van der Waals surface area contributed by atoms with Crippen molar-refractivity contribution >= 4 is 23.3 Å². The Balaban J connectivity index is 1.75. The number of anilines is 1. The highest BCUT2D eigenvalue weighted by molar-refractivity contribution is 6.01. The first-order valence-electron chi connectivity index (χ1n) is 9.42. The van der Waals surface area contributed by atoms with Crippen molar-refractivity contribution in [2.24, 2.45) is 11.7 Å². The summed E-state index contributed by atoms with van der Waals surface area (Å²) in [6.45, 7) is 2.10. The van der Waals surface area contributed by atoms with Crippen molar-refractivity contribution in [3.63, 3.8) is 0 Å². The fourth-order valence-electron chi connectivity index (χ4n) is 3.60. The van der Waals surface area contributed by atoms with Gasteiger partial charge in [-0.25, -0.2) is 14.3 Å². The molecule has 0 spiro atoms. The SMILES string of the molecule is CCn1cc(-c2cn3ncc(C(N)=O)c(NC4CN(C(=O)O)CC4CF)c3n2)cn1. The van der Waals surface area contributed by atoms with E-state index in [0.717, 1.165) is 10.5 Å². The lowest BCUT2D eigenvalue weighted by Gasteiger charge is -2.20. The molecule has 1 saturated heterocycles. The molecule has 1 aliphatic heterocycles. The number of carbonyl (C=O) groups excluding carboxylic acids is 1. The van der Waals surface area contributed by atoms with Crippen LogP contribution < -0.4 is 11.1 Å². The molecule has 0 aliphatic carbocycles. The number of likely N-dealkylation sites (tertiary alicyclic amines) is 1. The number of aryl methyl sites for hydroxylation is 1. The van der Waals surface area contributed by atoms with E-state index in [1.807, 2.05) is 13.1 Å². The number of hydrogen-bond acceptors (Lipinski definition) is 6. The van der Waals surface area contributed by atoms with Crippen LogP contribution in [-0.4, -0.2) is 72.2 Å². The summed E-state index contributed by atoms with van der Waals surface area (Å²) in [4.78, 5) is 29.0. The van der Waals surface area contributed by atoms with Crippen molar-refractivity contribution in [2.75, 3.05) is 25.1 Å². The topological polar surface area (TPSA) is 144 Å². The fourth-order valence-corrected chi connectivity index (χ4v) is 3.60. The van der Waals surface area contributed by atoms with E-state index in [1.54, 1.807) is 17.1 Å². The number of nitrogens with two attached hydrogens (primary N) is 1. The molecule has 4 heterocycles. The van der Waals surface area contributed by atoms with E-state index < -0.39 is 30.6 Å². The third-order valence-corrected chi connectivity index (χ3v) is 5.25. The van der Waals surface area contributed by atoms with Crippen LogP contribution >= 0.6 is 0 Å². The monoisotopic (exact) mass is 416 g/mol. The highest BCUT2D eigenvalue weighted by atomic mass is 19.1. The highest BCUT2D eigenvalue weighted by Crippen LogP contribution is 2.28. The first kappa shape index (κ1) is 19.6. The van der Waals surface area contributed by atoms with E-state index in [0.29, 0.717) is 23.6 Å². The smallest absolute Gasteiger partial charge is 0.407 e. The van der Waals surface area contributed by atoms with Gasteiger partial charge in [-0.15, -0.1) is 0 Å². The molecule has 2 atom stereocenters. The minimum atomic E-state index is -1.12. The fraction of sp³-hybridized carbons (Fsp3) is 0.389. The van der Waals surface area contributed by atoms with Gasteiger partial charge in [0.05, 0.1) is 48.3 Å². The number of nitrogens with zero attached hydrogens (tertiary/aromatic N) is 6. The number of halogens is 1. The van der Waals surface area contributed by atoms with Crippen molar-refractivity contribution < 1.29 is 19.1 Å². The maximum Gasteiger partial charge on any atom is 0.407 e. The van der Waals surface area contributed by atoms with E-state index >= 15 is 0 Å². The van der Waals surface area contributed by atoms with Crippen molar-refractivity contribution in [2.45, 2.75) is 19.5 Å². The third-order valence-electron chi connectivity index (χ3n) is 5.25. The molecule has 158 valence electrons. The van der Waals surface area contributed by atoms with E-state index in [1.165, 1.54) is 10.7 Å². The molecule has 4 rings (SSSR count). The van der Waals surface area contributed by atoms with Crippen LogP contribution in [-0.2, 0) is 6.54 Å². The Bertz CT molecular complexity index is 1110. The minimum Gasteiger partial charge on any atom is -0.465 e. The van der Waals surface area contributed by atoms with Gasteiger partial charge in [-0.2, -0.15) is 10.2 Å². The van der Waals surface area contributed by atoms with Gasteiger partial charge in [0.15, 0.2) is 5.65 Å². The highest BCUT2D eigenvalue weighted by Gasteiger charge is 2.36. The molecule has 3 aromatic heterocycles. The van der Waals surface area contributed by atoms with Crippen molar-refractivity contribution in [1.29, 1.82) is 0 Å². The van der Waals surface area contributed by atoms with Crippen LogP contribution in [0, 0.1) is 5.92 Å². The van der Waals surface area contributed by atoms with E-state index in [2.05, 4.69) is 20.5 Å². The summed E-state index contributed by atoms with van der Waals surface area (Å²) < 4.78 is 16.8. The summed E-state index contributed by atoms with van der Waals surface area (Å²) in [5, 5.41) is 20.8. The molecule has 0 aromatic carbocycles. The molecule has 0 radical (unpaired) electrons. The van der Waals surface area contributed by atoms with Crippen LogP contribution in [0.4, 0.5) is 14.9 Å². The summed E-state index contributed by atoms with van der Waals surface area (Å²) in [6.07, 6.45) is 5.39. The van der Waals surface area contributed by atoms with Gasteiger partial charge >= 0.3 is 6.09 Å². The number of carboxylic acid groups (broad SMARTS) is 1. The second kappa shape index (κ2) is 7.61. The van der Waals surface area contributed by atoms with Gasteiger partial charge in [0.25, 0.3) is 5.91 Å². The van der Waals surface area contributed by atoms with Crippen molar-refractivity contribution in [3.05, 3.63) is 30.4 Å². The lowest BCUT2D eigenvalue weighted by Crippen LogP contribution is -2.32. The van der Waals surface area contributed by atoms with Gasteiger partial charge in [-0.1, -0.05) is 0 Å². The summed E-state index contributed by atoms with van der Waals surface area (Å²) in [5.41, 5.74) is 7.59. The Kier molecular flexibility index (Phi) is 4.98. The zero-order chi connectivity index (χ0) is 21.4. The number of alkyl halides is 1. The zero-order valence-corrected chi connectivity index (χ0v) is 16.2. The molecule has 4 N–H and O–H groups in total. The Morgan fingerprint density at radius 3 is 2.73 bits per heavy atom. The predicted molar refractivity (Wildman–Crippen MR) is 105 cm³/mol. The molecular formula is C18H21FN8O3. The zero-order valence-electron chi connectivity index (χ0n) is 16.2. The van der Waals surface area contributed by atoms with Crippen LogP contribution in [0.3, 0.4) is 0 Å². The number of carbonyl (C=O) groups is 2. The lowest BCUT2D eigenvalue weighted by atomic mass is 10.0. The van der Waals surface area contributed by atoms with Crippen LogP contribution in [0.2, 0.25) is 0 Å². The molecule has 11 nitrogen and oxygen atoms in total. The number of aromatic nitrogens is 5. The molecular weight excluding hydrogens is 395 g/mol. The van der Waals surface area contributed by atoms with E-state index in [-0.39, 0.29) is 18.7 Å². The van der Waals surface area contributed by atoms with Gasteiger partial charge in [-0.3, -0.25) is 13.9 Å². The molecule has 2 amide bonds. The second-order valence-corrected chi connectivity index (χ2v) is 7.13. The molecule has 1 aliphatic rings. The number of amides is 2. The van der Waals surface area contributed by atoms with Crippen LogP contribution in [0.5, 0.6) is 0 Å². The standard InChI is InChI=1S/C18H21FN8O3/c1-2-26-7-11(4-21-26)14-9-27-17(24-14)15(12(5-22-27)16(20)28)23-13-8-25(18(29)30)6-10(13)3-19/h4-5,7,9-10,13,23H,2-3,6,8H2,1H3,(H2,20,28)(H,29,30). The summed E-state index contributed by atoms with van der Waals surface area (Å²) in [7, 11) is 0. The number of nitrogens with one attached hydrogen (secondary N) is 1. The molecule has 12 heteroatoms. The average Bonchev–Trinajstić information content (AvgIpc) is 3.45. The average molecular weight is 416 g/mol. The first-order chi connectivity index (χ1) is 14.4. The summed E-state index contributed by atoms with van der Waals surface area (Å²) in [5.74, 6) is -1.28. The van der Waals surface area contributed by atoms with Crippen molar-refractivity contribution in [3.8, 4) is 11.3 Å². The molecule has 30 heavy (non-hydrogen) atoms. The Morgan fingerprint density at radius 2 is 2.10 bits per heavy atom. The van der Waals surface area contributed by atoms with Crippen LogP contribution in [0.1, 0.15) is 17.3 Å². The lowest BCUT2D eigenvalue weighted by molar-refractivity contribution is 0.100. The predicted octanol–water partition coefficient (Wildman–Crippen LogP) is 1.07. The number of primary amides is 1. The molecule has 0 bridgehead atoms. The number of rotatable bonds is 6. The summed E-state index contributed by atoms with van der Waals surface area (Å²) in [6, 6.07) is -0.543. The van der Waals surface area contributed by atoms with E-state index in [4.69, 9.17) is 5.73 Å². The number of imidazole rings is 1. The normalized spacial score (nSPS) is 18.8. The molecule has 2 unspecified atom stereocenters. The number of hydrogen-bond donors (Lipinski definition) is 3. The van der Waals surface area contributed by atoms with E-state index in [9.17, 15) is 19.1 Å². The Morgan fingerprint density at radius 1 is 1.30 bits per heavy atom. The van der Waals surface area contributed by atoms with Gasteiger partial charge in [0.2, 0.25) is 0 Å². The van der Waals surface area contributed by atoms with Gasteiger partial charge in [-0.05, 0) is 6.92 Å². The third kappa shape index (κ3) is 3.40. The van der Waals surface area contributed by atoms with Crippen LogP contribution in [0.25, 0.3) is 16.9 Å². The van der Waals surface area contributed by atoms with Gasteiger partial charge < -0.3 is 21.1 Å². The maximum atomic E-state index is 13.5. The minimum absolute atomic E-state index is 0.0622. The van der Waals surface area contributed by atoms with Crippen molar-refractivity contribution in [1.82, 2.24) is 29.3 Å². The first-order valence-corrected chi connectivity index (χ1v) is 9.42. The van der Waals surface area contributed by atoms with Gasteiger partial charge in [0.1, 0.15) is 0 Å². The quantitative estimate of drug-likeness (QED) is 0.545. The Labute approximate surface area is 170 Å². The maximum absolute atomic E-state index is 13.5. The Hall–Kier alpha value is -3.70. The largest absolute Gasteiger partial charge is 0.465 e. The molecule has 0 saturated carbocycles. The summed E-state index contributed by atoms with van der Waals surface area (Å²) >= 11 is 0. The van der Waals surface area contributed by atoms with Gasteiger partial charge in [0, 0.05) is 37.3 Å². The number of fused-ring (bicyclic) bond motifs is 1. The molecule has 1 fully saturated rings. The van der Waals surface area contributed by atoms with Crippen LogP contribution in [0.15, 0.2) is 24.8 Å². The molecule has 3 aromatic rings. The second-order valence-electron chi connectivity index (χ2n) is 7.13.